The van der Waals surface area contributed by atoms with Crippen molar-refractivity contribution in [3.63, 3.8) is 0 Å². The summed E-state index contributed by atoms with van der Waals surface area (Å²) in [5.74, 6) is 0.610. The molecule has 0 spiro atoms. The van der Waals surface area contributed by atoms with Crippen LogP contribution in [0.3, 0.4) is 0 Å². The fourth-order valence-electron chi connectivity index (χ4n) is 2.53. The van der Waals surface area contributed by atoms with Crippen LogP contribution < -0.4 is 0 Å². The number of fused-ring (bicyclic) bond motifs is 5. The van der Waals surface area contributed by atoms with Gasteiger partial charge in [0, 0.05) is 0 Å². The molecule has 4 rings (SSSR count). The summed E-state index contributed by atoms with van der Waals surface area (Å²) in [6, 6.07) is 8.52. The van der Waals surface area contributed by atoms with Crippen molar-refractivity contribution in [3.8, 4) is 0 Å². The predicted octanol–water partition coefficient (Wildman–Crippen LogP) is 3.75. The van der Waals surface area contributed by atoms with E-state index in [2.05, 4.69) is 47.7 Å². The van der Waals surface area contributed by atoms with Crippen LogP contribution in [0, 0.1) is 5.92 Å². The average Bonchev–Trinajstić information content (AvgIpc) is 2.83. The Morgan fingerprint density at radius 2 is 2.24 bits per heavy atom. The van der Waals surface area contributed by atoms with Crippen LogP contribution in [-0.2, 0) is 6.42 Å². The number of allylic oxidation sites excluding steroid dienone is 1. The predicted molar refractivity (Wildman–Crippen MR) is 72.5 cm³/mol. The maximum Gasteiger partial charge on any atom is 0.195 e. The molecule has 1 aliphatic rings. The van der Waals surface area contributed by atoms with E-state index < -0.39 is 0 Å². The van der Waals surface area contributed by atoms with E-state index in [1.54, 1.807) is 11.3 Å². The van der Waals surface area contributed by atoms with Crippen LogP contribution in [0.2, 0.25) is 0 Å². The minimum Gasteiger partial charge on any atom is -0.283 e. The molecule has 2 nitrogen and oxygen atoms in total. The van der Waals surface area contributed by atoms with E-state index in [9.17, 15) is 0 Å². The number of benzene rings is 1. The molecule has 0 radical (unpaired) electrons. The van der Waals surface area contributed by atoms with Gasteiger partial charge in [-0.15, -0.1) is 0 Å². The number of hydrogen-bond acceptors (Lipinski definition) is 2. The van der Waals surface area contributed by atoms with Gasteiger partial charge in [-0.3, -0.25) is 4.40 Å². The third-order valence-corrected chi connectivity index (χ3v) is 4.39. The molecule has 1 atom stereocenters. The molecule has 1 unspecified atom stereocenters. The largest absolute Gasteiger partial charge is 0.283 e. The Hall–Kier alpha value is -1.61. The van der Waals surface area contributed by atoms with Gasteiger partial charge < -0.3 is 0 Å². The van der Waals surface area contributed by atoms with Crippen molar-refractivity contribution in [1.82, 2.24) is 9.38 Å². The van der Waals surface area contributed by atoms with Crippen LogP contribution in [0.4, 0.5) is 0 Å². The van der Waals surface area contributed by atoms with Crippen LogP contribution in [-0.4, -0.2) is 9.38 Å². The summed E-state index contributed by atoms with van der Waals surface area (Å²) in [4.78, 5) is 5.89. The van der Waals surface area contributed by atoms with Crippen molar-refractivity contribution in [2.45, 2.75) is 13.3 Å². The molecule has 0 N–H and O–H groups in total. The van der Waals surface area contributed by atoms with Crippen LogP contribution in [0.1, 0.15) is 18.3 Å². The SMILES string of the molecule is CC1C=Cc2c(nc3sc4ccccc4n23)C1. The third kappa shape index (κ3) is 1.23. The summed E-state index contributed by atoms with van der Waals surface area (Å²) in [7, 11) is 0. The summed E-state index contributed by atoms with van der Waals surface area (Å²) in [6.45, 7) is 2.24. The fraction of sp³-hybridized carbons (Fsp3) is 0.214. The van der Waals surface area contributed by atoms with E-state index in [0.29, 0.717) is 5.92 Å². The lowest BCUT2D eigenvalue weighted by molar-refractivity contribution is 0.703. The van der Waals surface area contributed by atoms with Gasteiger partial charge in [-0.25, -0.2) is 4.98 Å². The van der Waals surface area contributed by atoms with Crippen LogP contribution >= 0.6 is 11.3 Å². The van der Waals surface area contributed by atoms with Crippen molar-refractivity contribution >= 4 is 32.6 Å². The fourth-order valence-corrected chi connectivity index (χ4v) is 3.58. The van der Waals surface area contributed by atoms with Crippen molar-refractivity contribution in [3.05, 3.63) is 41.7 Å². The van der Waals surface area contributed by atoms with Gasteiger partial charge in [0.25, 0.3) is 0 Å². The molecule has 0 aliphatic heterocycles. The Morgan fingerprint density at radius 3 is 3.18 bits per heavy atom. The average molecular weight is 240 g/mol. The molecule has 0 saturated carbocycles. The second-order valence-corrected chi connectivity index (χ2v) is 5.68. The number of aromatic nitrogens is 2. The quantitative estimate of drug-likeness (QED) is 0.585. The second kappa shape index (κ2) is 3.20. The highest BCUT2D eigenvalue weighted by atomic mass is 32.1. The second-order valence-electron chi connectivity index (χ2n) is 4.67. The Labute approximate surface area is 103 Å². The summed E-state index contributed by atoms with van der Waals surface area (Å²) < 4.78 is 3.60. The van der Waals surface area contributed by atoms with Crippen LogP contribution in [0.5, 0.6) is 0 Å². The molecule has 0 bridgehead atoms. The van der Waals surface area contributed by atoms with Gasteiger partial charge in [0.15, 0.2) is 4.96 Å². The Balaban J connectivity index is 2.15. The van der Waals surface area contributed by atoms with E-state index in [1.165, 1.54) is 21.6 Å². The number of nitrogens with zero attached hydrogens (tertiary/aromatic N) is 2. The molecule has 2 aromatic heterocycles. The molecule has 3 heteroatoms. The van der Waals surface area contributed by atoms with E-state index >= 15 is 0 Å². The molecular weight excluding hydrogens is 228 g/mol. The monoisotopic (exact) mass is 240 g/mol. The lowest BCUT2D eigenvalue weighted by Crippen LogP contribution is -2.03. The number of para-hydroxylation sites is 1. The lowest BCUT2D eigenvalue weighted by atomic mass is 9.98. The van der Waals surface area contributed by atoms with Gasteiger partial charge in [0.2, 0.25) is 0 Å². The molecule has 1 aromatic carbocycles. The van der Waals surface area contributed by atoms with Crippen molar-refractivity contribution in [2.75, 3.05) is 0 Å². The first kappa shape index (κ1) is 9.42. The van der Waals surface area contributed by atoms with Crippen molar-refractivity contribution < 1.29 is 0 Å². The number of hydrogen-bond donors (Lipinski definition) is 0. The zero-order valence-electron chi connectivity index (χ0n) is 9.55. The van der Waals surface area contributed by atoms with Gasteiger partial charge in [0.1, 0.15) is 0 Å². The molecule has 0 saturated heterocycles. The minimum atomic E-state index is 0.610. The van der Waals surface area contributed by atoms with E-state index in [1.807, 2.05) is 0 Å². The molecule has 17 heavy (non-hydrogen) atoms. The van der Waals surface area contributed by atoms with Gasteiger partial charge in [-0.2, -0.15) is 0 Å². The number of rotatable bonds is 0. The molecule has 84 valence electrons. The highest BCUT2D eigenvalue weighted by Gasteiger charge is 2.18. The zero-order valence-corrected chi connectivity index (χ0v) is 10.4. The molecule has 1 aliphatic carbocycles. The lowest BCUT2D eigenvalue weighted by Gasteiger charge is -2.10. The van der Waals surface area contributed by atoms with E-state index in [4.69, 9.17) is 4.98 Å². The highest BCUT2D eigenvalue weighted by Crippen LogP contribution is 2.32. The molecule has 0 amide bonds. The Morgan fingerprint density at radius 1 is 1.35 bits per heavy atom. The van der Waals surface area contributed by atoms with Gasteiger partial charge >= 0.3 is 0 Å². The van der Waals surface area contributed by atoms with Gasteiger partial charge in [-0.05, 0) is 30.5 Å². The Bertz CT molecular complexity index is 748. The topological polar surface area (TPSA) is 17.3 Å². The minimum absolute atomic E-state index is 0.610. The van der Waals surface area contributed by atoms with Crippen LogP contribution in [0.25, 0.3) is 21.3 Å². The molecule has 0 fully saturated rings. The summed E-state index contributed by atoms with van der Waals surface area (Å²) in [5.41, 5.74) is 3.80. The highest BCUT2D eigenvalue weighted by molar-refractivity contribution is 7.23. The van der Waals surface area contributed by atoms with Gasteiger partial charge in [-0.1, -0.05) is 36.5 Å². The standard InChI is InChI=1S/C14H12N2S/c1-9-6-7-11-10(8-9)15-14-16(11)12-4-2-3-5-13(12)17-14/h2-7,9H,8H2,1H3. The smallest absolute Gasteiger partial charge is 0.195 e. The summed E-state index contributed by atoms with van der Waals surface area (Å²) >= 11 is 1.77. The molecule has 3 aromatic rings. The normalized spacial score (nSPS) is 19.0. The maximum atomic E-state index is 4.77. The zero-order chi connectivity index (χ0) is 11.4. The van der Waals surface area contributed by atoms with Crippen LogP contribution in [0.15, 0.2) is 30.3 Å². The first-order chi connectivity index (χ1) is 8.33. The number of imidazole rings is 1. The number of thiazole rings is 1. The van der Waals surface area contributed by atoms with Gasteiger partial charge in [0.05, 0.1) is 21.6 Å². The first-order valence-corrected chi connectivity index (χ1v) is 6.71. The van der Waals surface area contributed by atoms with Crippen molar-refractivity contribution in [2.24, 2.45) is 5.92 Å². The first-order valence-electron chi connectivity index (χ1n) is 5.90. The third-order valence-electron chi connectivity index (χ3n) is 3.36. The summed E-state index contributed by atoms with van der Waals surface area (Å²) in [5, 5.41) is 0. The maximum absolute atomic E-state index is 4.77. The van der Waals surface area contributed by atoms with E-state index in [0.717, 1.165) is 11.4 Å². The van der Waals surface area contributed by atoms with E-state index in [-0.39, 0.29) is 0 Å². The molecular formula is C14H12N2S. The molecule has 2 heterocycles. The Kier molecular flexibility index (Phi) is 1.77. The van der Waals surface area contributed by atoms with Crippen molar-refractivity contribution in [1.29, 1.82) is 0 Å². The summed E-state index contributed by atoms with van der Waals surface area (Å²) in [6.07, 6.45) is 5.57.